The van der Waals surface area contributed by atoms with E-state index in [0.29, 0.717) is 5.41 Å². The molecule has 0 amide bonds. The largest absolute Gasteiger partial charge is 0.274 e. The Morgan fingerprint density at radius 2 is 2.36 bits per heavy atom. The fourth-order valence-electron chi connectivity index (χ4n) is 2.34. The molecule has 2 rings (SSSR count). The Kier molecular flexibility index (Phi) is 2.07. The average molecular weight is 206 g/mol. The van der Waals surface area contributed by atoms with E-state index in [1.807, 2.05) is 0 Å². The van der Waals surface area contributed by atoms with Gasteiger partial charge < -0.3 is 0 Å². The highest BCUT2D eigenvalue weighted by molar-refractivity contribution is 7.33. The normalized spacial score (nSPS) is 40.8. The second-order valence-corrected chi connectivity index (χ2v) is 8.09. The third kappa shape index (κ3) is 1.51. The predicted octanol–water partition coefficient (Wildman–Crippen LogP) is 3.31. The van der Waals surface area contributed by atoms with Crippen molar-refractivity contribution in [3.05, 3.63) is 12.2 Å². The van der Waals surface area contributed by atoms with E-state index >= 15 is 0 Å². The van der Waals surface area contributed by atoms with Crippen LogP contribution in [0.4, 0.5) is 0 Å². The molecule has 3 heteroatoms. The lowest BCUT2D eigenvalue weighted by molar-refractivity contribution is 0.453. The first-order chi connectivity index (χ1) is 5.20. The highest BCUT2D eigenvalue weighted by atomic mass is 35.7. The minimum absolute atomic E-state index is 0.433. The highest BCUT2D eigenvalue weighted by Crippen LogP contribution is 2.52. The summed E-state index contributed by atoms with van der Waals surface area (Å²) < 4.78 is 0. The van der Waals surface area contributed by atoms with Crippen molar-refractivity contribution in [1.29, 1.82) is 0 Å². The molecule has 61 valence electrons. The topological polar surface area (TPSA) is 0 Å². The molecule has 11 heavy (non-hydrogen) atoms. The molecular formula is C8H11Cl2Si. The summed E-state index contributed by atoms with van der Waals surface area (Å²) in [5.74, 6) is 0.852. The average Bonchev–Trinajstić information content (AvgIpc) is 2.43. The maximum Gasteiger partial charge on any atom is 0.274 e. The second-order valence-electron chi connectivity index (χ2n) is 3.74. The van der Waals surface area contributed by atoms with E-state index in [0.717, 1.165) is 12.0 Å². The Bertz CT molecular complexity index is 191. The van der Waals surface area contributed by atoms with Crippen LogP contribution in [0.2, 0.25) is 6.04 Å². The molecule has 0 aliphatic heterocycles. The molecule has 0 saturated heterocycles. The van der Waals surface area contributed by atoms with Crippen LogP contribution in [0.1, 0.15) is 19.3 Å². The van der Waals surface area contributed by atoms with Crippen molar-refractivity contribution >= 4 is 29.6 Å². The molecule has 0 aromatic rings. The van der Waals surface area contributed by atoms with Gasteiger partial charge >= 0.3 is 0 Å². The standard InChI is InChI=1S/C8H11Cl2Si/c9-11(10)6-8-3-1-7(5-8)2-4-8/h1,3,7H,2,4-6H2. The van der Waals surface area contributed by atoms with Crippen LogP contribution in [0.15, 0.2) is 12.2 Å². The van der Waals surface area contributed by atoms with Gasteiger partial charge in [-0.2, -0.15) is 0 Å². The van der Waals surface area contributed by atoms with Gasteiger partial charge in [0.15, 0.2) is 0 Å². The zero-order valence-corrected chi connectivity index (χ0v) is 8.83. The quantitative estimate of drug-likeness (QED) is 0.369. The molecule has 1 fully saturated rings. The summed E-state index contributed by atoms with van der Waals surface area (Å²) in [5.41, 5.74) is 0.433. The van der Waals surface area contributed by atoms with Crippen LogP contribution in [0, 0.1) is 11.3 Å². The molecule has 2 bridgehead atoms. The molecule has 0 spiro atoms. The lowest BCUT2D eigenvalue weighted by atomic mass is 9.90. The van der Waals surface area contributed by atoms with Gasteiger partial charge in [-0.1, -0.05) is 12.2 Å². The Morgan fingerprint density at radius 3 is 2.73 bits per heavy atom. The third-order valence-corrected chi connectivity index (χ3v) is 4.66. The SMILES string of the molecule is Cl[Si](Cl)CC12C=CC(CC1)C2. The van der Waals surface area contributed by atoms with Crippen LogP contribution >= 0.6 is 22.2 Å². The summed E-state index contributed by atoms with van der Waals surface area (Å²) in [5, 5.41) is 0. The Labute approximate surface area is 78.6 Å². The van der Waals surface area contributed by atoms with Crippen molar-refractivity contribution in [3.8, 4) is 0 Å². The first-order valence-electron chi connectivity index (χ1n) is 4.06. The molecule has 2 aliphatic rings. The molecular weight excluding hydrogens is 195 g/mol. The van der Waals surface area contributed by atoms with Crippen LogP contribution in [-0.2, 0) is 0 Å². The van der Waals surface area contributed by atoms with Crippen LogP contribution in [-0.4, -0.2) is 7.42 Å². The van der Waals surface area contributed by atoms with Crippen LogP contribution in [0.25, 0.3) is 0 Å². The summed E-state index contributed by atoms with van der Waals surface area (Å²) in [6, 6.07) is 1.05. The zero-order valence-electron chi connectivity index (χ0n) is 6.32. The van der Waals surface area contributed by atoms with Crippen molar-refractivity contribution in [2.75, 3.05) is 0 Å². The lowest BCUT2D eigenvalue weighted by Crippen LogP contribution is -2.15. The van der Waals surface area contributed by atoms with E-state index in [-0.39, 0.29) is 0 Å². The number of hydrogen-bond acceptors (Lipinski definition) is 0. The van der Waals surface area contributed by atoms with Crippen LogP contribution in [0.3, 0.4) is 0 Å². The molecule has 0 aromatic heterocycles. The fraction of sp³-hybridized carbons (Fsp3) is 0.750. The van der Waals surface area contributed by atoms with Crippen molar-refractivity contribution in [3.63, 3.8) is 0 Å². The fourth-order valence-corrected chi connectivity index (χ4v) is 4.91. The van der Waals surface area contributed by atoms with E-state index in [9.17, 15) is 0 Å². The molecule has 2 unspecified atom stereocenters. The van der Waals surface area contributed by atoms with Gasteiger partial charge in [0.25, 0.3) is 7.42 Å². The van der Waals surface area contributed by atoms with Gasteiger partial charge in [0, 0.05) is 0 Å². The van der Waals surface area contributed by atoms with E-state index in [4.69, 9.17) is 22.2 Å². The Morgan fingerprint density at radius 1 is 1.55 bits per heavy atom. The lowest BCUT2D eigenvalue weighted by Gasteiger charge is -2.22. The Hall–Kier alpha value is 0.537. The van der Waals surface area contributed by atoms with Gasteiger partial charge in [0.1, 0.15) is 0 Å². The van der Waals surface area contributed by atoms with Gasteiger partial charge in [-0.3, -0.25) is 0 Å². The molecule has 1 radical (unpaired) electrons. The zero-order chi connectivity index (χ0) is 7.90. The monoisotopic (exact) mass is 205 g/mol. The summed E-state index contributed by atoms with van der Waals surface area (Å²) in [6.07, 6.45) is 8.71. The summed E-state index contributed by atoms with van der Waals surface area (Å²) in [6.45, 7) is 0. The van der Waals surface area contributed by atoms with Crippen molar-refractivity contribution in [1.82, 2.24) is 0 Å². The summed E-state index contributed by atoms with van der Waals surface area (Å²) >= 11 is 11.8. The molecule has 0 heterocycles. The van der Waals surface area contributed by atoms with E-state index < -0.39 is 7.42 Å². The van der Waals surface area contributed by atoms with Gasteiger partial charge in [-0.25, -0.2) is 0 Å². The number of halogens is 2. The minimum Gasteiger partial charge on any atom is -0.147 e. The first kappa shape index (κ1) is 8.15. The second kappa shape index (κ2) is 2.79. The maximum absolute atomic E-state index is 5.88. The number of fused-ring (bicyclic) bond motifs is 2. The first-order valence-corrected chi connectivity index (χ1v) is 7.79. The molecule has 0 nitrogen and oxygen atoms in total. The Balaban J connectivity index is 2.06. The van der Waals surface area contributed by atoms with Gasteiger partial charge in [0.2, 0.25) is 0 Å². The minimum atomic E-state index is -1.07. The molecule has 0 N–H and O–H groups in total. The van der Waals surface area contributed by atoms with Gasteiger partial charge in [-0.15, -0.1) is 22.2 Å². The van der Waals surface area contributed by atoms with Crippen LogP contribution in [0.5, 0.6) is 0 Å². The molecule has 2 atom stereocenters. The van der Waals surface area contributed by atoms with Crippen LogP contribution < -0.4 is 0 Å². The molecule has 0 aromatic carbocycles. The smallest absolute Gasteiger partial charge is 0.147 e. The van der Waals surface area contributed by atoms with E-state index in [2.05, 4.69) is 12.2 Å². The number of allylic oxidation sites excluding steroid dienone is 2. The van der Waals surface area contributed by atoms with E-state index in [1.165, 1.54) is 19.3 Å². The number of hydrogen-bond donors (Lipinski definition) is 0. The molecule has 2 aliphatic carbocycles. The summed E-state index contributed by atoms with van der Waals surface area (Å²) in [7, 11) is -1.07. The van der Waals surface area contributed by atoms with Crippen molar-refractivity contribution < 1.29 is 0 Å². The molecule has 1 saturated carbocycles. The van der Waals surface area contributed by atoms with Gasteiger partial charge in [-0.05, 0) is 36.6 Å². The van der Waals surface area contributed by atoms with Crippen molar-refractivity contribution in [2.45, 2.75) is 25.3 Å². The van der Waals surface area contributed by atoms with Gasteiger partial charge in [0.05, 0.1) is 0 Å². The van der Waals surface area contributed by atoms with Crippen molar-refractivity contribution in [2.24, 2.45) is 11.3 Å². The maximum atomic E-state index is 5.88. The summed E-state index contributed by atoms with van der Waals surface area (Å²) in [4.78, 5) is 0. The highest BCUT2D eigenvalue weighted by Gasteiger charge is 2.41. The third-order valence-electron chi connectivity index (χ3n) is 2.89. The van der Waals surface area contributed by atoms with E-state index in [1.54, 1.807) is 0 Å². The number of rotatable bonds is 2. The predicted molar refractivity (Wildman–Crippen MR) is 51.2 cm³/mol.